The van der Waals surface area contributed by atoms with Crippen molar-refractivity contribution in [1.82, 2.24) is 14.4 Å². The van der Waals surface area contributed by atoms with Crippen LogP contribution in [0, 0.1) is 0 Å². The normalized spacial score (nSPS) is 11.1. The maximum absolute atomic E-state index is 4.30. The average molecular weight is 169 g/mol. The van der Waals surface area contributed by atoms with Crippen molar-refractivity contribution >= 4 is 16.6 Å². The van der Waals surface area contributed by atoms with Crippen LogP contribution >= 0.6 is 0 Å². The summed E-state index contributed by atoms with van der Waals surface area (Å²) < 4.78 is 1.98. The predicted octanol–water partition coefficient (Wildman–Crippen LogP) is 1.88. The summed E-state index contributed by atoms with van der Waals surface area (Å²) in [6, 6.07) is 8.07. The van der Waals surface area contributed by atoms with Crippen molar-refractivity contribution in [3.63, 3.8) is 0 Å². The number of hydrogen-bond acceptors (Lipinski definition) is 2. The molecule has 62 valence electrons. The van der Waals surface area contributed by atoms with Gasteiger partial charge in [0.1, 0.15) is 12.0 Å². The Bertz CT molecular complexity index is 568. The molecular formula is C10H7N3. The van der Waals surface area contributed by atoms with E-state index < -0.39 is 0 Å². The van der Waals surface area contributed by atoms with Crippen molar-refractivity contribution in [3.05, 3.63) is 43.0 Å². The Kier molecular flexibility index (Phi) is 1.16. The molecule has 0 fully saturated rings. The van der Waals surface area contributed by atoms with E-state index in [0.717, 1.165) is 16.6 Å². The highest BCUT2D eigenvalue weighted by Crippen LogP contribution is 2.13. The minimum absolute atomic E-state index is 0.956. The smallest absolute Gasteiger partial charge is 0.145 e. The third-order valence-corrected chi connectivity index (χ3v) is 2.15. The van der Waals surface area contributed by atoms with E-state index in [2.05, 4.69) is 16.0 Å². The molecule has 3 aromatic heterocycles. The van der Waals surface area contributed by atoms with Crippen LogP contribution in [-0.2, 0) is 0 Å². The van der Waals surface area contributed by atoms with E-state index in [-0.39, 0.29) is 0 Å². The molecule has 0 saturated carbocycles. The molecule has 3 nitrogen and oxygen atoms in total. The van der Waals surface area contributed by atoms with E-state index in [1.165, 1.54) is 0 Å². The number of fused-ring (bicyclic) bond motifs is 3. The van der Waals surface area contributed by atoms with E-state index in [4.69, 9.17) is 0 Å². The maximum Gasteiger partial charge on any atom is 0.145 e. The van der Waals surface area contributed by atoms with E-state index in [1.807, 2.05) is 28.8 Å². The van der Waals surface area contributed by atoms with Crippen LogP contribution in [0.5, 0.6) is 0 Å². The van der Waals surface area contributed by atoms with Crippen LogP contribution in [0.3, 0.4) is 0 Å². The lowest BCUT2D eigenvalue weighted by Crippen LogP contribution is -1.87. The van der Waals surface area contributed by atoms with E-state index in [0.29, 0.717) is 0 Å². The molecule has 0 saturated heterocycles. The molecule has 13 heavy (non-hydrogen) atoms. The van der Waals surface area contributed by atoms with Gasteiger partial charge in [0.05, 0.1) is 11.7 Å². The van der Waals surface area contributed by atoms with Crippen molar-refractivity contribution in [2.45, 2.75) is 0 Å². The van der Waals surface area contributed by atoms with E-state index in [1.54, 1.807) is 12.5 Å². The average Bonchev–Trinajstić information content (AvgIpc) is 2.65. The Morgan fingerprint density at radius 1 is 1.15 bits per heavy atom. The summed E-state index contributed by atoms with van der Waals surface area (Å²) in [7, 11) is 0. The lowest BCUT2D eigenvalue weighted by Gasteiger charge is -1.98. The first kappa shape index (κ1) is 6.60. The van der Waals surface area contributed by atoms with Gasteiger partial charge >= 0.3 is 0 Å². The first-order chi connectivity index (χ1) is 6.45. The summed E-state index contributed by atoms with van der Waals surface area (Å²) >= 11 is 0. The zero-order valence-electron chi connectivity index (χ0n) is 6.88. The summed E-state index contributed by atoms with van der Waals surface area (Å²) in [5.41, 5.74) is 2.03. The van der Waals surface area contributed by atoms with Gasteiger partial charge in [0.15, 0.2) is 0 Å². The maximum atomic E-state index is 4.30. The summed E-state index contributed by atoms with van der Waals surface area (Å²) in [6.45, 7) is 0. The monoisotopic (exact) mass is 169 g/mol. The van der Waals surface area contributed by atoms with Gasteiger partial charge in [-0.2, -0.15) is 0 Å². The van der Waals surface area contributed by atoms with Gasteiger partial charge < -0.3 is 0 Å². The molecule has 0 bridgehead atoms. The van der Waals surface area contributed by atoms with Crippen LogP contribution in [-0.4, -0.2) is 14.4 Å². The molecule has 0 N–H and O–H groups in total. The first-order valence-electron chi connectivity index (χ1n) is 4.11. The highest BCUT2D eigenvalue weighted by Gasteiger charge is 1.98. The molecule has 0 radical (unpaired) electrons. The summed E-state index contributed by atoms with van der Waals surface area (Å²) in [5.74, 6) is 0. The minimum atomic E-state index is 0.956. The van der Waals surface area contributed by atoms with E-state index in [9.17, 15) is 0 Å². The second kappa shape index (κ2) is 2.29. The Morgan fingerprint density at radius 2 is 2.15 bits per heavy atom. The van der Waals surface area contributed by atoms with Crippen LogP contribution in [0.25, 0.3) is 16.6 Å². The fourth-order valence-electron chi connectivity index (χ4n) is 1.52. The van der Waals surface area contributed by atoms with Gasteiger partial charge in [0.25, 0.3) is 0 Å². The van der Waals surface area contributed by atoms with Crippen LogP contribution < -0.4 is 0 Å². The quantitative estimate of drug-likeness (QED) is 0.514. The largest absolute Gasteiger partial charge is 0.283 e. The van der Waals surface area contributed by atoms with Gasteiger partial charge in [-0.25, -0.2) is 9.97 Å². The van der Waals surface area contributed by atoms with Crippen molar-refractivity contribution in [2.24, 2.45) is 0 Å². The van der Waals surface area contributed by atoms with Crippen molar-refractivity contribution in [3.8, 4) is 0 Å². The standard InChI is InChI=1S/C10H7N3/c1-2-8-3-4-9-6-11-7-13(9)10(8)12-5-1/h1-7H. The van der Waals surface area contributed by atoms with Crippen molar-refractivity contribution < 1.29 is 0 Å². The summed E-state index contributed by atoms with van der Waals surface area (Å²) in [6.07, 6.45) is 5.40. The second-order valence-corrected chi connectivity index (χ2v) is 2.94. The van der Waals surface area contributed by atoms with E-state index >= 15 is 0 Å². The summed E-state index contributed by atoms with van der Waals surface area (Å²) in [5, 5.41) is 1.13. The molecule has 0 unspecified atom stereocenters. The van der Waals surface area contributed by atoms with Crippen LogP contribution in [0.2, 0.25) is 0 Å². The Hall–Kier alpha value is -1.90. The highest BCUT2D eigenvalue weighted by atomic mass is 15.0. The third kappa shape index (κ3) is 0.839. The molecular weight excluding hydrogens is 162 g/mol. The fourth-order valence-corrected chi connectivity index (χ4v) is 1.52. The second-order valence-electron chi connectivity index (χ2n) is 2.94. The molecule has 0 aliphatic heterocycles. The van der Waals surface area contributed by atoms with Crippen LogP contribution in [0.15, 0.2) is 43.0 Å². The number of rotatable bonds is 0. The van der Waals surface area contributed by atoms with Gasteiger partial charge in [0.2, 0.25) is 0 Å². The van der Waals surface area contributed by atoms with Gasteiger partial charge in [-0.3, -0.25) is 4.40 Å². The zero-order valence-corrected chi connectivity index (χ0v) is 6.88. The number of hydrogen-bond donors (Lipinski definition) is 0. The molecule has 3 rings (SSSR count). The van der Waals surface area contributed by atoms with Crippen LogP contribution in [0.1, 0.15) is 0 Å². The first-order valence-corrected chi connectivity index (χ1v) is 4.11. The third-order valence-electron chi connectivity index (χ3n) is 2.15. The number of imidazole rings is 1. The molecule has 0 aliphatic carbocycles. The molecule has 0 amide bonds. The fraction of sp³-hybridized carbons (Fsp3) is 0. The van der Waals surface area contributed by atoms with Crippen LogP contribution in [0.4, 0.5) is 0 Å². The number of pyridine rings is 2. The minimum Gasteiger partial charge on any atom is -0.283 e. The van der Waals surface area contributed by atoms with Crippen molar-refractivity contribution in [1.29, 1.82) is 0 Å². The molecule has 0 aromatic carbocycles. The molecule has 3 heterocycles. The lowest BCUT2D eigenvalue weighted by molar-refractivity contribution is 1.16. The topological polar surface area (TPSA) is 30.2 Å². The Morgan fingerprint density at radius 3 is 3.15 bits per heavy atom. The molecule has 0 atom stereocenters. The SMILES string of the molecule is c1cnc2c(c1)ccc1cncn12. The molecule has 0 spiro atoms. The van der Waals surface area contributed by atoms with Gasteiger partial charge in [-0.1, -0.05) is 0 Å². The highest BCUT2D eigenvalue weighted by molar-refractivity contribution is 5.78. The van der Waals surface area contributed by atoms with Gasteiger partial charge in [-0.05, 0) is 24.3 Å². The molecule has 3 aromatic rings. The summed E-state index contributed by atoms with van der Waals surface area (Å²) in [4.78, 5) is 8.38. The molecule has 0 aliphatic rings. The van der Waals surface area contributed by atoms with Gasteiger partial charge in [-0.15, -0.1) is 0 Å². The Labute approximate surface area is 74.7 Å². The molecule has 3 heteroatoms. The van der Waals surface area contributed by atoms with Gasteiger partial charge in [0, 0.05) is 11.6 Å². The van der Waals surface area contributed by atoms with Crippen molar-refractivity contribution in [2.75, 3.05) is 0 Å². The number of nitrogens with zero attached hydrogens (tertiary/aromatic N) is 3. The predicted molar refractivity (Wildman–Crippen MR) is 50.5 cm³/mol. The Balaban J connectivity index is 2.65. The number of aromatic nitrogens is 3. The zero-order chi connectivity index (χ0) is 8.67. The lowest BCUT2D eigenvalue weighted by atomic mass is 10.3.